The van der Waals surface area contributed by atoms with Crippen LogP contribution in [0.3, 0.4) is 0 Å². The van der Waals surface area contributed by atoms with Crippen LogP contribution in [0.25, 0.3) is 0 Å². The molecule has 2 heteroatoms. The molecule has 0 saturated carbocycles. The molecule has 0 amide bonds. The molecule has 0 radical (unpaired) electrons. The maximum Gasteiger partial charge on any atom is 0.150 e. The average molecular weight is 140 g/mol. The molecular formula is C8H12O2. The summed E-state index contributed by atoms with van der Waals surface area (Å²) in [6.07, 6.45) is 5.36. The van der Waals surface area contributed by atoms with Crippen molar-refractivity contribution in [3.63, 3.8) is 0 Å². The molecular weight excluding hydrogens is 128 g/mol. The fourth-order valence-corrected chi connectivity index (χ4v) is 0.292. The lowest BCUT2D eigenvalue weighted by atomic mass is 10.3. The molecule has 0 atom stereocenters. The van der Waals surface area contributed by atoms with Gasteiger partial charge in [-0.25, -0.2) is 0 Å². The number of hydrogen-bond donors (Lipinski definition) is 1. The molecule has 1 N–H and O–H groups in total. The van der Waals surface area contributed by atoms with Crippen molar-refractivity contribution in [3.8, 4) is 0 Å². The van der Waals surface area contributed by atoms with Gasteiger partial charge in [-0.1, -0.05) is 31.4 Å². The van der Waals surface area contributed by atoms with E-state index in [1.54, 1.807) is 12.2 Å². The SMILES string of the molecule is C=C/C=C(\C=C)C=O.CO. The van der Waals surface area contributed by atoms with Crippen LogP contribution in [-0.2, 0) is 4.79 Å². The van der Waals surface area contributed by atoms with Crippen LogP contribution < -0.4 is 0 Å². The van der Waals surface area contributed by atoms with Gasteiger partial charge >= 0.3 is 0 Å². The Morgan fingerprint density at radius 3 is 2.00 bits per heavy atom. The zero-order valence-corrected chi connectivity index (χ0v) is 6.08. The lowest BCUT2D eigenvalue weighted by Crippen LogP contribution is -1.73. The van der Waals surface area contributed by atoms with Crippen LogP contribution in [0.5, 0.6) is 0 Å². The Balaban J connectivity index is 0. The first-order chi connectivity index (χ1) is 4.85. The first-order valence-electron chi connectivity index (χ1n) is 2.70. The normalized spacial score (nSPS) is 8.80. The lowest BCUT2D eigenvalue weighted by Gasteiger charge is -1.79. The molecule has 0 bridgehead atoms. The largest absolute Gasteiger partial charge is 0.400 e. The molecule has 0 aliphatic heterocycles. The standard InChI is InChI=1S/C7H8O.CH4O/c1-3-5-7(4-2)6-8;1-2/h3-6H,1-2H2;2H,1H3/b7-5+;. The quantitative estimate of drug-likeness (QED) is 0.362. The third kappa shape index (κ3) is 6.85. The van der Waals surface area contributed by atoms with Crippen LogP contribution in [0.2, 0.25) is 0 Å². The van der Waals surface area contributed by atoms with E-state index in [4.69, 9.17) is 5.11 Å². The van der Waals surface area contributed by atoms with Crippen molar-refractivity contribution < 1.29 is 9.90 Å². The fraction of sp³-hybridized carbons (Fsp3) is 0.125. The van der Waals surface area contributed by atoms with Crippen molar-refractivity contribution in [1.82, 2.24) is 0 Å². The van der Waals surface area contributed by atoms with Gasteiger partial charge in [-0.15, -0.1) is 0 Å². The summed E-state index contributed by atoms with van der Waals surface area (Å²) in [6.45, 7) is 6.82. The smallest absolute Gasteiger partial charge is 0.150 e. The summed E-state index contributed by atoms with van der Waals surface area (Å²) in [6, 6.07) is 0. The Morgan fingerprint density at radius 2 is 1.90 bits per heavy atom. The van der Waals surface area contributed by atoms with E-state index in [9.17, 15) is 4.79 Å². The highest BCUT2D eigenvalue weighted by Gasteiger charge is 1.79. The predicted molar refractivity (Wildman–Crippen MR) is 42.7 cm³/mol. The van der Waals surface area contributed by atoms with Crippen molar-refractivity contribution in [1.29, 1.82) is 0 Å². The second kappa shape index (κ2) is 10.8. The minimum absolute atomic E-state index is 0.556. The number of aliphatic hydroxyl groups excluding tert-OH is 1. The topological polar surface area (TPSA) is 37.3 Å². The molecule has 0 aromatic rings. The zero-order chi connectivity index (χ0) is 8.41. The van der Waals surface area contributed by atoms with Gasteiger partial charge in [0, 0.05) is 12.7 Å². The van der Waals surface area contributed by atoms with Gasteiger partial charge in [0.15, 0.2) is 0 Å². The maximum atomic E-state index is 9.94. The van der Waals surface area contributed by atoms with Crippen molar-refractivity contribution in [2.75, 3.05) is 7.11 Å². The van der Waals surface area contributed by atoms with Crippen LogP contribution >= 0.6 is 0 Å². The number of carbonyl (C=O) groups excluding carboxylic acids is 1. The Labute approximate surface area is 61.2 Å². The van der Waals surface area contributed by atoms with Crippen LogP contribution in [0.4, 0.5) is 0 Å². The summed E-state index contributed by atoms with van der Waals surface area (Å²) in [5.41, 5.74) is 0.556. The second-order valence-corrected chi connectivity index (χ2v) is 1.22. The number of allylic oxidation sites excluding steroid dienone is 4. The van der Waals surface area contributed by atoms with Crippen molar-refractivity contribution >= 4 is 6.29 Å². The minimum atomic E-state index is 0.556. The molecule has 0 aromatic heterocycles. The number of hydrogen-bond acceptors (Lipinski definition) is 2. The Morgan fingerprint density at radius 1 is 1.40 bits per heavy atom. The van der Waals surface area contributed by atoms with E-state index >= 15 is 0 Å². The van der Waals surface area contributed by atoms with Crippen LogP contribution in [0, 0.1) is 0 Å². The van der Waals surface area contributed by atoms with Gasteiger partial charge in [0.2, 0.25) is 0 Å². The molecule has 2 nitrogen and oxygen atoms in total. The summed E-state index contributed by atoms with van der Waals surface area (Å²) in [4.78, 5) is 9.94. The van der Waals surface area contributed by atoms with Gasteiger partial charge in [-0.2, -0.15) is 0 Å². The zero-order valence-electron chi connectivity index (χ0n) is 6.08. The number of aldehydes is 1. The molecule has 0 saturated heterocycles. The molecule has 0 spiro atoms. The first kappa shape index (κ1) is 11.6. The highest BCUT2D eigenvalue weighted by molar-refractivity contribution is 5.77. The van der Waals surface area contributed by atoms with E-state index in [0.29, 0.717) is 5.57 Å². The lowest BCUT2D eigenvalue weighted by molar-refractivity contribution is -0.104. The van der Waals surface area contributed by atoms with Gasteiger partial charge in [0.25, 0.3) is 0 Å². The molecule has 10 heavy (non-hydrogen) atoms. The van der Waals surface area contributed by atoms with E-state index in [0.717, 1.165) is 13.4 Å². The molecule has 0 aliphatic rings. The Bertz CT molecular complexity index is 124. The van der Waals surface area contributed by atoms with Crippen LogP contribution in [-0.4, -0.2) is 18.5 Å². The van der Waals surface area contributed by atoms with Gasteiger partial charge in [0.1, 0.15) is 6.29 Å². The Kier molecular flexibility index (Phi) is 12.5. The molecule has 0 rings (SSSR count). The number of carbonyl (C=O) groups is 1. The summed E-state index contributed by atoms with van der Waals surface area (Å²) >= 11 is 0. The third-order valence-corrected chi connectivity index (χ3v) is 0.682. The molecule has 0 aliphatic carbocycles. The minimum Gasteiger partial charge on any atom is -0.400 e. The summed E-state index contributed by atoms with van der Waals surface area (Å²) in [5.74, 6) is 0. The maximum absolute atomic E-state index is 9.94. The predicted octanol–water partition coefficient (Wildman–Crippen LogP) is 1.09. The third-order valence-electron chi connectivity index (χ3n) is 0.682. The van der Waals surface area contributed by atoms with E-state index < -0.39 is 0 Å². The first-order valence-corrected chi connectivity index (χ1v) is 2.70. The van der Waals surface area contributed by atoms with E-state index in [2.05, 4.69) is 13.2 Å². The summed E-state index contributed by atoms with van der Waals surface area (Å²) < 4.78 is 0. The molecule has 0 fully saturated rings. The van der Waals surface area contributed by atoms with E-state index in [1.165, 1.54) is 6.08 Å². The molecule has 0 heterocycles. The molecule has 56 valence electrons. The van der Waals surface area contributed by atoms with Crippen molar-refractivity contribution in [2.24, 2.45) is 0 Å². The second-order valence-electron chi connectivity index (χ2n) is 1.22. The van der Waals surface area contributed by atoms with Crippen molar-refractivity contribution in [3.05, 3.63) is 37.0 Å². The van der Waals surface area contributed by atoms with E-state index in [1.807, 2.05) is 0 Å². The Hall–Kier alpha value is -1.15. The number of rotatable bonds is 3. The highest BCUT2D eigenvalue weighted by Crippen LogP contribution is 1.88. The fourth-order valence-electron chi connectivity index (χ4n) is 0.292. The van der Waals surface area contributed by atoms with Crippen LogP contribution in [0.1, 0.15) is 0 Å². The van der Waals surface area contributed by atoms with Crippen molar-refractivity contribution in [2.45, 2.75) is 0 Å². The van der Waals surface area contributed by atoms with Gasteiger partial charge in [0.05, 0.1) is 0 Å². The van der Waals surface area contributed by atoms with Gasteiger partial charge < -0.3 is 5.11 Å². The molecule has 0 unspecified atom stereocenters. The van der Waals surface area contributed by atoms with Crippen LogP contribution in [0.15, 0.2) is 37.0 Å². The van der Waals surface area contributed by atoms with E-state index in [-0.39, 0.29) is 0 Å². The highest BCUT2D eigenvalue weighted by atomic mass is 16.2. The summed E-state index contributed by atoms with van der Waals surface area (Å²) in [7, 11) is 1.00. The average Bonchev–Trinajstić information content (AvgIpc) is 2.04. The summed E-state index contributed by atoms with van der Waals surface area (Å²) in [5, 5.41) is 7.00. The van der Waals surface area contributed by atoms with Gasteiger partial charge in [-0.05, 0) is 0 Å². The monoisotopic (exact) mass is 140 g/mol. The van der Waals surface area contributed by atoms with Gasteiger partial charge in [-0.3, -0.25) is 4.79 Å². The molecule has 0 aromatic carbocycles. The number of aliphatic hydroxyl groups is 1.